The van der Waals surface area contributed by atoms with E-state index in [1.807, 2.05) is 20.8 Å². The smallest absolute Gasteiger partial charge is 0.259 e. The van der Waals surface area contributed by atoms with Crippen molar-refractivity contribution in [2.75, 3.05) is 16.8 Å². The molecule has 5 nitrogen and oxygen atoms in total. The lowest BCUT2D eigenvalue weighted by Crippen LogP contribution is -2.59. The molecule has 2 atom stereocenters. The van der Waals surface area contributed by atoms with E-state index in [0.717, 1.165) is 5.01 Å². The number of fused-ring (bicyclic) bond motifs is 1. The standard InChI is InChI=1S/C14H20F3N3O2S2/c1-12(2,3)10-19-20-11(23-10)18-9(21)13(20,4)8-24(22)7-5-6-14(15,16)17/h5-8H2,1-4H3/p+1. The van der Waals surface area contributed by atoms with Crippen LogP contribution in [0.3, 0.4) is 0 Å². The van der Waals surface area contributed by atoms with E-state index >= 15 is 0 Å². The van der Waals surface area contributed by atoms with Gasteiger partial charge in [0, 0.05) is 28.4 Å². The Kier molecular flexibility index (Phi) is 5.11. The number of nitrogens with zero attached hydrogens (tertiary/aromatic N) is 2. The van der Waals surface area contributed by atoms with Gasteiger partial charge in [0.2, 0.25) is 5.54 Å². The number of halogens is 3. The molecule has 1 N–H and O–H groups in total. The van der Waals surface area contributed by atoms with Gasteiger partial charge in [-0.3, -0.25) is 4.21 Å². The summed E-state index contributed by atoms with van der Waals surface area (Å²) in [7, 11) is -1.54. The van der Waals surface area contributed by atoms with Crippen LogP contribution in [0.5, 0.6) is 0 Å². The zero-order valence-corrected chi connectivity index (χ0v) is 15.6. The van der Waals surface area contributed by atoms with Gasteiger partial charge in [-0.25, -0.2) is 4.79 Å². The van der Waals surface area contributed by atoms with Gasteiger partial charge in [0.05, 0.1) is 5.75 Å². The Labute approximate surface area is 145 Å². The second-order valence-corrected chi connectivity index (χ2v) is 9.66. The number of alkyl halides is 3. The minimum atomic E-state index is -4.25. The minimum Gasteiger partial charge on any atom is -0.259 e. The van der Waals surface area contributed by atoms with E-state index in [2.05, 4.69) is 10.4 Å². The van der Waals surface area contributed by atoms with E-state index in [0.29, 0.717) is 5.13 Å². The van der Waals surface area contributed by atoms with Crippen LogP contribution < -0.4 is 10.00 Å². The summed E-state index contributed by atoms with van der Waals surface area (Å²) in [5, 5.41) is 8.60. The number of aromatic nitrogens is 2. The molecule has 1 aliphatic heterocycles. The Bertz CT molecular complexity index is 667. The molecule has 0 saturated carbocycles. The number of nitrogens with one attached hydrogen (secondary N) is 1. The first-order valence-corrected chi connectivity index (χ1v) is 9.81. The molecule has 0 aromatic carbocycles. The van der Waals surface area contributed by atoms with Crippen molar-refractivity contribution < 1.29 is 26.9 Å². The zero-order chi connectivity index (χ0) is 18.3. The molecule has 1 aromatic heterocycles. The lowest BCUT2D eigenvalue weighted by molar-refractivity contribution is -0.771. The summed E-state index contributed by atoms with van der Waals surface area (Å²) in [6, 6.07) is 0. The van der Waals surface area contributed by atoms with Crippen LogP contribution in [-0.4, -0.2) is 32.9 Å². The van der Waals surface area contributed by atoms with E-state index in [1.165, 1.54) is 16.0 Å². The second kappa shape index (κ2) is 6.36. The molecule has 136 valence electrons. The van der Waals surface area contributed by atoms with Crippen molar-refractivity contribution in [3.05, 3.63) is 5.01 Å². The topological polar surface area (TPSA) is 62.9 Å². The molecule has 10 heteroatoms. The summed E-state index contributed by atoms with van der Waals surface area (Å²) >= 11 is 1.36. The highest BCUT2D eigenvalue weighted by Crippen LogP contribution is 2.32. The van der Waals surface area contributed by atoms with Gasteiger partial charge in [-0.15, -0.1) is 4.68 Å². The molecule has 24 heavy (non-hydrogen) atoms. The maximum absolute atomic E-state index is 12.3. The fourth-order valence-corrected chi connectivity index (χ4v) is 4.86. The van der Waals surface area contributed by atoms with Gasteiger partial charge in [0.15, 0.2) is 0 Å². The highest BCUT2D eigenvalue weighted by molar-refractivity contribution is 7.85. The van der Waals surface area contributed by atoms with Crippen LogP contribution in [0.15, 0.2) is 0 Å². The van der Waals surface area contributed by atoms with Crippen LogP contribution in [0, 0.1) is 0 Å². The number of amides is 1. The molecule has 0 radical (unpaired) electrons. The summed E-state index contributed by atoms with van der Waals surface area (Å²) in [6.07, 6.45) is -5.43. The van der Waals surface area contributed by atoms with Crippen LogP contribution in [0.2, 0.25) is 0 Å². The third kappa shape index (κ3) is 4.14. The van der Waals surface area contributed by atoms with E-state index in [-0.39, 0.29) is 29.2 Å². The molecular formula is C14H21F3N3O2S2+. The van der Waals surface area contributed by atoms with E-state index in [9.17, 15) is 22.2 Å². The lowest BCUT2D eigenvalue weighted by Gasteiger charge is -2.17. The number of anilines is 1. The molecule has 2 heterocycles. The Morgan fingerprint density at radius 3 is 2.50 bits per heavy atom. The highest BCUT2D eigenvalue weighted by atomic mass is 32.2. The Morgan fingerprint density at radius 2 is 1.96 bits per heavy atom. The molecule has 1 amide bonds. The quantitative estimate of drug-likeness (QED) is 0.794. The van der Waals surface area contributed by atoms with Crippen molar-refractivity contribution in [2.45, 2.75) is 57.7 Å². The summed E-state index contributed by atoms with van der Waals surface area (Å²) in [6.45, 7) is 7.61. The third-order valence-corrected chi connectivity index (χ3v) is 6.65. The zero-order valence-electron chi connectivity index (χ0n) is 14.0. The summed E-state index contributed by atoms with van der Waals surface area (Å²) in [5.74, 6) is -0.471. The maximum Gasteiger partial charge on any atom is 0.389 e. The monoisotopic (exact) mass is 384 g/mol. The molecule has 0 aliphatic carbocycles. The van der Waals surface area contributed by atoms with Crippen molar-refractivity contribution in [1.82, 2.24) is 5.10 Å². The third-order valence-electron chi connectivity index (χ3n) is 3.67. The van der Waals surface area contributed by atoms with E-state index in [4.69, 9.17) is 0 Å². The van der Waals surface area contributed by atoms with Gasteiger partial charge in [-0.2, -0.15) is 18.5 Å². The molecule has 0 saturated heterocycles. The van der Waals surface area contributed by atoms with Crippen LogP contribution in [0.4, 0.5) is 18.3 Å². The summed E-state index contributed by atoms with van der Waals surface area (Å²) in [5.41, 5.74) is -1.34. The number of rotatable bonds is 5. The summed E-state index contributed by atoms with van der Waals surface area (Å²) < 4.78 is 50.3. The molecule has 2 unspecified atom stereocenters. The fourth-order valence-electron chi connectivity index (χ4n) is 2.28. The van der Waals surface area contributed by atoms with Crippen molar-refractivity contribution >= 4 is 33.2 Å². The molecule has 0 bridgehead atoms. The van der Waals surface area contributed by atoms with Crippen molar-refractivity contribution in [2.24, 2.45) is 0 Å². The first-order chi connectivity index (χ1) is 10.8. The lowest BCUT2D eigenvalue weighted by atomic mass is 9.98. The number of carbonyl (C=O) groups excluding carboxylic acids is 1. The average Bonchev–Trinajstić information content (AvgIpc) is 2.88. The van der Waals surface area contributed by atoms with Crippen molar-refractivity contribution in [1.29, 1.82) is 0 Å². The number of carbonyl (C=O) groups is 1. The van der Waals surface area contributed by atoms with Crippen LogP contribution in [0.1, 0.15) is 45.5 Å². The highest BCUT2D eigenvalue weighted by Gasteiger charge is 2.55. The molecule has 2 rings (SSSR count). The number of hydrogen-bond donors (Lipinski definition) is 1. The molecular weight excluding hydrogens is 363 g/mol. The molecule has 1 aromatic rings. The minimum absolute atomic E-state index is 0.0539. The predicted molar refractivity (Wildman–Crippen MR) is 86.5 cm³/mol. The van der Waals surface area contributed by atoms with Crippen LogP contribution in [-0.2, 0) is 26.5 Å². The average molecular weight is 384 g/mol. The van der Waals surface area contributed by atoms with E-state index in [1.54, 1.807) is 6.92 Å². The predicted octanol–water partition coefficient (Wildman–Crippen LogP) is 2.49. The van der Waals surface area contributed by atoms with Gasteiger partial charge in [0.1, 0.15) is 5.01 Å². The van der Waals surface area contributed by atoms with Gasteiger partial charge in [-0.1, -0.05) is 25.9 Å². The van der Waals surface area contributed by atoms with Gasteiger partial charge in [0.25, 0.3) is 0 Å². The first kappa shape index (κ1) is 19.3. The van der Waals surface area contributed by atoms with E-state index < -0.39 is 28.9 Å². The van der Waals surface area contributed by atoms with Crippen molar-refractivity contribution in [3.63, 3.8) is 0 Å². The normalized spacial score (nSPS) is 22.4. The number of hydrogen-bond acceptors (Lipinski definition) is 4. The van der Waals surface area contributed by atoms with Crippen LogP contribution >= 0.6 is 11.3 Å². The molecule has 0 fully saturated rings. The van der Waals surface area contributed by atoms with Gasteiger partial charge < -0.3 is 0 Å². The van der Waals surface area contributed by atoms with Gasteiger partial charge in [-0.05, 0) is 24.7 Å². The first-order valence-electron chi connectivity index (χ1n) is 7.50. The SMILES string of the molecule is CC(C)(C)c1n[n+]2c(s1)NC(=O)C2(C)CS(=O)CCCC(F)(F)F. The van der Waals surface area contributed by atoms with Crippen molar-refractivity contribution in [3.8, 4) is 0 Å². The Morgan fingerprint density at radius 1 is 1.33 bits per heavy atom. The van der Waals surface area contributed by atoms with Gasteiger partial charge >= 0.3 is 17.2 Å². The Balaban J connectivity index is 2.11. The molecule has 0 spiro atoms. The largest absolute Gasteiger partial charge is 0.389 e. The van der Waals surface area contributed by atoms with Crippen LogP contribution in [0.25, 0.3) is 0 Å². The Hall–Kier alpha value is -1.03. The fraction of sp³-hybridized carbons (Fsp3) is 0.786. The molecule has 1 aliphatic rings. The summed E-state index contributed by atoms with van der Waals surface area (Å²) in [4.78, 5) is 12.3. The second-order valence-electron chi connectivity index (χ2n) is 7.11. The maximum atomic E-state index is 12.3.